The van der Waals surface area contributed by atoms with E-state index in [1.54, 1.807) is 19.2 Å². The van der Waals surface area contributed by atoms with E-state index in [1.165, 1.54) is 13.1 Å². The minimum atomic E-state index is -0.112. The summed E-state index contributed by atoms with van der Waals surface area (Å²) in [7, 11) is 1.59. The van der Waals surface area contributed by atoms with Crippen molar-refractivity contribution in [2.24, 2.45) is 4.99 Å². The van der Waals surface area contributed by atoms with Crippen molar-refractivity contribution in [1.29, 1.82) is 0 Å². The van der Waals surface area contributed by atoms with Gasteiger partial charge in [0.25, 0.3) is 5.91 Å². The van der Waals surface area contributed by atoms with E-state index in [0.29, 0.717) is 12.1 Å². The molecule has 0 atom stereocenters. The third kappa shape index (κ3) is 3.65. The van der Waals surface area contributed by atoms with E-state index in [4.69, 9.17) is 0 Å². The van der Waals surface area contributed by atoms with E-state index in [9.17, 15) is 9.59 Å². The Morgan fingerprint density at radius 3 is 2.44 bits per heavy atom. The molecule has 1 aromatic carbocycles. The molecule has 84 valence electrons. The highest BCUT2D eigenvalue weighted by atomic mass is 16.1. The molecule has 4 nitrogen and oxygen atoms in total. The number of hydrogen-bond donors (Lipinski definition) is 1. The van der Waals surface area contributed by atoms with Crippen LogP contribution in [0, 0.1) is 0 Å². The summed E-state index contributed by atoms with van der Waals surface area (Å²) in [5, 5.41) is 2.55. The van der Waals surface area contributed by atoms with Gasteiger partial charge in [0.05, 0.1) is 12.8 Å². The predicted octanol–water partition coefficient (Wildman–Crippen LogP) is 1.21. The molecule has 0 aliphatic heterocycles. The van der Waals surface area contributed by atoms with Crippen LogP contribution < -0.4 is 5.32 Å². The first kappa shape index (κ1) is 12.1. The molecule has 4 heteroatoms. The second kappa shape index (κ2) is 5.80. The SMILES string of the molecule is CNC(=O)c1ccc(CN=CC(C)=O)cc1. The number of nitrogens with one attached hydrogen (secondary N) is 1. The zero-order chi connectivity index (χ0) is 12.0. The van der Waals surface area contributed by atoms with Gasteiger partial charge in [0.1, 0.15) is 0 Å². The molecule has 16 heavy (non-hydrogen) atoms. The van der Waals surface area contributed by atoms with Gasteiger partial charge in [-0.1, -0.05) is 12.1 Å². The molecule has 0 aliphatic carbocycles. The Balaban J connectivity index is 2.65. The molecule has 0 saturated heterocycles. The lowest BCUT2D eigenvalue weighted by atomic mass is 10.1. The lowest BCUT2D eigenvalue weighted by molar-refractivity contribution is -0.110. The lowest BCUT2D eigenvalue weighted by Gasteiger charge is -2.00. The minimum absolute atomic E-state index is 0.0676. The third-order valence-corrected chi connectivity index (χ3v) is 1.99. The maximum atomic E-state index is 11.2. The lowest BCUT2D eigenvalue weighted by Crippen LogP contribution is -2.17. The van der Waals surface area contributed by atoms with Gasteiger partial charge in [-0.25, -0.2) is 0 Å². The van der Waals surface area contributed by atoms with Crippen molar-refractivity contribution in [2.45, 2.75) is 13.5 Å². The van der Waals surface area contributed by atoms with Crippen molar-refractivity contribution >= 4 is 17.9 Å². The Kier molecular flexibility index (Phi) is 4.39. The monoisotopic (exact) mass is 218 g/mol. The van der Waals surface area contributed by atoms with Gasteiger partial charge in [-0.2, -0.15) is 0 Å². The Morgan fingerprint density at radius 2 is 1.94 bits per heavy atom. The average molecular weight is 218 g/mol. The zero-order valence-corrected chi connectivity index (χ0v) is 9.36. The quantitative estimate of drug-likeness (QED) is 0.772. The van der Waals surface area contributed by atoms with E-state index in [2.05, 4.69) is 10.3 Å². The fourth-order valence-electron chi connectivity index (χ4n) is 1.19. The number of amides is 1. The van der Waals surface area contributed by atoms with Crippen LogP contribution in [-0.4, -0.2) is 25.0 Å². The van der Waals surface area contributed by atoms with E-state index >= 15 is 0 Å². The molecule has 1 N–H and O–H groups in total. The van der Waals surface area contributed by atoms with Crippen LogP contribution in [0.4, 0.5) is 0 Å². The summed E-state index contributed by atoms with van der Waals surface area (Å²) < 4.78 is 0. The predicted molar refractivity (Wildman–Crippen MR) is 62.7 cm³/mol. The number of aliphatic imine (C=N–C) groups is 1. The number of nitrogens with zero attached hydrogens (tertiary/aromatic N) is 1. The van der Waals surface area contributed by atoms with Crippen LogP contribution in [0.2, 0.25) is 0 Å². The Labute approximate surface area is 94.4 Å². The molecule has 0 aliphatic rings. The van der Waals surface area contributed by atoms with E-state index in [1.807, 2.05) is 12.1 Å². The van der Waals surface area contributed by atoms with Crippen molar-refractivity contribution < 1.29 is 9.59 Å². The Morgan fingerprint density at radius 1 is 1.31 bits per heavy atom. The summed E-state index contributed by atoms with van der Waals surface area (Å²) >= 11 is 0. The van der Waals surface area contributed by atoms with Crippen molar-refractivity contribution in [3.05, 3.63) is 35.4 Å². The number of rotatable bonds is 4. The Hall–Kier alpha value is -1.97. The van der Waals surface area contributed by atoms with E-state index in [0.717, 1.165) is 5.56 Å². The number of carbonyl (C=O) groups excluding carboxylic acids is 2. The highest BCUT2D eigenvalue weighted by Crippen LogP contribution is 2.05. The molecule has 1 rings (SSSR count). The van der Waals surface area contributed by atoms with Crippen molar-refractivity contribution in [1.82, 2.24) is 5.32 Å². The van der Waals surface area contributed by atoms with Gasteiger partial charge in [-0.05, 0) is 17.7 Å². The largest absolute Gasteiger partial charge is 0.355 e. The van der Waals surface area contributed by atoms with Crippen LogP contribution in [0.15, 0.2) is 29.3 Å². The van der Waals surface area contributed by atoms with Crippen LogP contribution in [0.25, 0.3) is 0 Å². The molecule has 0 radical (unpaired) electrons. The number of carbonyl (C=O) groups is 2. The van der Waals surface area contributed by atoms with Gasteiger partial charge >= 0.3 is 0 Å². The van der Waals surface area contributed by atoms with Crippen molar-refractivity contribution in [3.8, 4) is 0 Å². The minimum Gasteiger partial charge on any atom is -0.355 e. The van der Waals surface area contributed by atoms with E-state index < -0.39 is 0 Å². The van der Waals surface area contributed by atoms with Crippen LogP contribution >= 0.6 is 0 Å². The first-order valence-corrected chi connectivity index (χ1v) is 4.95. The van der Waals surface area contributed by atoms with Gasteiger partial charge in [-0.3, -0.25) is 14.6 Å². The molecule has 0 unspecified atom stereocenters. The first-order chi connectivity index (χ1) is 7.63. The van der Waals surface area contributed by atoms with Crippen LogP contribution in [-0.2, 0) is 11.3 Å². The van der Waals surface area contributed by atoms with Crippen LogP contribution in [0.5, 0.6) is 0 Å². The molecule has 0 saturated carbocycles. The van der Waals surface area contributed by atoms with Gasteiger partial charge in [0.15, 0.2) is 5.78 Å². The number of ketones is 1. The molecule has 0 heterocycles. The van der Waals surface area contributed by atoms with Gasteiger partial charge < -0.3 is 5.32 Å². The topological polar surface area (TPSA) is 58.5 Å². The highest BCUT2D eigenvalue weighted by Gasteiger charge is 2.01. The zero-order valence-electron chi connectivity index (χ0n) is 9.36. The molecule has 0 bridgehead atoms. The molecule has 1 aromatic rings. The standard InChI is InChI=1S/C12H14N2O2/c1-9(15)7-14-8-10-3-5-11(6-4-10)12(16)13-2/h3-7H,8H2,1-2H3,(H,13,16). The van der Waals surface area contributed by atoms with Crippen LogP contribution in [0.3, 0.4) is 0 Å². The molecule has 0 aromatic heterocycles. The molecular formula is C12H14N2O2. The van der Waals surface area contributed by atoms with Crippen molar-refractivity contribution in [2.75, 3.05) is 7.05 Å². The average Bonchev–Trinajstić information content (AvgIpc) is 2.28. The Bertz CT molecular complexity index is 408. The van der Waals surface area contributed by atoms with Gasteiger partial charge in [-0.15, -0.1) is 0 Å². The van der Waals surface area contributed by atoms with Crippen molar-refractivity contribution in [3.63, 3.8) is 0 Å². The summed E-state index contributed by atoms with van der Waals surface area (Å²) in [6.45, 7) is 1.91. The third-order valence-electron chi connectivity index (χ3n) is 1.99. The normalized spacial score (nSPS) is 10.4. The number of Topliss-reactive ketones (excluding diaryl/α,β-unsaturated/α-hetero) is 1. The second-order valence-corrected chi connectivity index (χ2v) is 3.36. The fraction of sp³-hybridized carbons (Fsp3) is 0.250. The molecule has 1 amide bonds. The summed E-state index contributed by atoms with van der Waals surface area (Å²) in [6, 6.07) is 7.11. The maximum absolute atomic E-state index is 11.2. The molecule has 0 spiro atoms. The van der Waals surface area contributed by atoms with E-state index in [-0.39, 0.29) is 11.7 Å². The fourth-order valence-corrected chi connectivity index (χ4v) is 1.19. The highest BCUT2D eigenvalue weighted by molar-refractivity contribution is 6.26. The smallest absolute Gasteiger partial charge is 0.251 e. The maximum Gasteiger partial charge on any atom is 0.251 e. The molecular weight excluding hydrogens is 204 g/mol. The van der Waals surface area contributed by atoms with Gasteiger partial charge in [0.2, 0.25) is 0 Å². The summed E-state index contributed by atoms with van der Waals surface area (Å²) in [4.78, 5) is 25.8. The molecule has 0 fully saturated rings. The summed E-state index contributed by atoms with van der Waals surface area (Å²) in [5.41, 5.74) is 1.58. The summed E-state index contributed by atoms with van der Waals surface area (Å²) in [5.74, 6) is -0.180. The number of hydrogen-bond acceptors (Lipinski definition) is 3. The van der Waals surface area contributed by atoms with Crippen LogP contribution in [0.1, 0.15) is 22.8 Å². The number of benzene rings is 1. The van der Waals surface area contributed by atoms with Gasteiger partial charge in [0, 0.05) is 19.5 Å². The second-order valence-electron chi connectivity index (χ2n) is 3.36. The summed E-state index contributed by atoms with van der Waals surface area (Å²) in [6.07, 6.45) is 1.30. The first-order valence-electron chi connectivity index (χ1n) is 4.95.